The van der Waals surface area contributed by atoms with E-state index in [1.165, 1.54) is 16.8 Å². The summed E-state index contributed by atoms with van der Waals surface area (Å²) in [7, 11) is 0. The highest BCUT2D eigenvalue weighted by Crippen LogP contribution is 2.29. The van der Waals surface area contributed by atoms with Gasteiger partial charge in [-0.2, -0.15) is 5.10 Å². The van der Waals surface area contributed by atoms with Crippen molar-refractivity contribution < 1.29 is 8.78 Å². The largest absolute Gasteiger partial charge is 0.396 e. The molecule has 0 fully saturated rings. The van der Waals surface area contributed by atoms with Gasteiger partial charge in [0.2, 0.25) is 0 Å². The molecule has 0 spiro atoms. The first kappa shape index (κ1) is 13.6. The lowest BCUT2D eigenvalue weighted by molar-refractivity contribution is 0.511. The number of anilines is 1. The summed E-state index contributed by atoms with van der Waals surface area (Å²) >= 11 is 5.82. The van der Waals surface area contributed by atoms with Crippen molar-refractivity contribution in [3.63, 3.8) is 0 Å². The maximum atomic E-state index is 13.8. The minimum Gasteiger partial charge on any atom is -0.396 e. The van der Waals surface area contributed by atoms with Gasteiger partial charge in [0.15, 0.2) is 11.6 Å². The molecular weight excluding hydrogens is 296 g/mol. The van der Waals surface area contributed by atoms with E-state index >= 15 is 0 Å². The minimum absolute atomic E-state index is 0.0280. The molecule has 0 saturated heterocycles. The van der Waals surface area contributed by atoms with Crippen LogP contribution in [0.25, 0.3) is 16.9 Å². The van der Waals surface area contributed by atoms with E-state index in [9.17, 15) is 8.78 Å². The summed E-state index contributed by atoms with van der Waals surface area (Å²) in [6.07, 6.45) is 1.54. The minimum atomic E-state index is -0.967. The smallest absolute Gasteiger partial charge is 0.168 e. The standard InChI is InChI=1S/C15H10ClF2N3/c16-9-4-6-10(7-5-9)21-8-13(19)15(20-21)11-2-1-3-12(17)14(11)18/h1-8H,19H2. The van der Waals surface area contributed by atoms with Crippen LogP contribution < -0.4 is 5.73 Å². The summed E-state index contributed by atoms with van der Waals surface area (Å²) in [5.74, 6) is -1.90. The number of hydrogen-bond donors (Lipinski definition) is 1. The van der Waals surface area contributed by atoms with Crippen LogP contribution in [0, 0.1) is 11.6 Å². The Kier molecular flexibility index (Phi) is 3.35. The molecule has 2 aromatic carbocycles. The van der Waals surface area contributed by atoms with Crippen molar-refractivity contribution in [1.82, 2.24) is 9.78 Å². The molecule has 0 aliphatic rings. The molecule has 6 heteroatoms. The molecule has 21 heavy (non-hydrogen) atoms. The van der Waals surface area contributed by atoms with Crippen LogP contribution in [-0.2, 0) is 0 Å². The predicted octanol–water partition coefficient (Wildman–Crippen LogP) is 4.05. The van der Waals surface area contributed by atoms with E-state index in [4.69, 9.17) is 17.3 Å². The van der Waals surface area contributed by atoms with Gasteiger partial charge in [0, 0.05) is 10.6 Å². The summed E-state index contributed by atoms with van der Waals surface area (Å²) in [6, 6.07) is 10.8. The summed E-state index contributed by atoms with van der Waals surface area (Å²) in [4.78, 5) is 0. The van der Waals surface area contributed by atoms with E-state index in [2.05, 4.69) is 5.10 Å². The van der Waals surface area contributed by atoms with Crippen molar-refractivity contribution in [2.24, 2.45) is 0 Å². The average molecular weight is 306 g/mol. The van der Waals surface area contributed by atoms with Crippen LogP contribution in [0.5, 0.6) is 0 Å². The van der Waals surface area contributed by atoms with Crippen molar-refractivity contribution in [1.29, 1.82) is 0 Å². The predicted molar refractivity (Wildman–Crippen MR) is 78.3 cm³/mol. The first-order valence-electron chi connectivity index (χ1n) is 6.12. The molecule has 0 saturated carbocycles. The SMILES string of the molecule is Nc1cn(-c2ccc(Cl)cc2)nc1-c1cccc(F)c1F. The molecule has 1 aromatic heterocycles. The first-order valence-corrected chi connectivity index (χ1v) is 6.49. The molecule has 0 aliphatic carbocycles. The van der Waals surface area contributed by atoms with Crippen molar-refractivity contribution in [2.75, 3.05) is 5.73 Å². The van der Waals surface area contributed by atoms with Gasteiger partial charge in [0.05, 0.1) is 17.6 Å². The lowest BCUT2D eigenvalue weighted by Crippen LogP contribution is -1.96. The second kappa shape index (κ2) is 5.18. The van der Waals surface area contributed by atoms with E-state index in [1.54, 1.807) is 30.5 Å². The van der Waals surface area contributed by atoms with E-state index < -0.39 is 11.6 Å². The highest BCUT2D eigenvalue weighted by atomic mass is 35.5. The molecule has 3 rings (SSSR count). The number of hydrogen-bond acceptors (Lipinski definition) is 2. The van der Waals surface area contributed by atoms with Crippen LogP contribution in [-0.4, -0.2) is 9.78 Å². The Morgan fingerprint density at radius 3 is 2.48 bits per heavy atom. The summed E-state index contributed by atoms with van der Waals surface area (Å²) in [5.41, 5.74) is 7.06. The molecule has 106 valence electrons. The fourth-order valence-corrected chi connectivity index (χ4v) is 2.14. The number of aromatic nitrogens is 2. The molecule has 0 bridgehead atoms. The van der Waals surface area contributed by atoms with Gasteiger partial charge in [-0.25, -0.2) is 13.5 Å². The quantitative estimate of drug-likeness (QED) is 0.776. The molecule has 2 N–H and O–H groups in total. The van der Waals surface area contributed by atoms with Crippen molar-refractivity contribution in [3.8, 4) is 16.9 Å². The zero-order valence-electron chi connectivity index (χ0n) is 10.7. The zero-order valence-corrected chi connectivity index (χ0v) is 11.5. The fourth-order valence-electron chi connectivity index (χ4n) is 2.01. The second-order valence-corrected chi connectivity index (χ2v) is 4.89. The van der Waals surface area contributed by atoms with E-state index in [1.807, 2.05) is 0 Å². The van der Waals surface area contributed by atoms with Gasteiger partial charge in [0.1, 0.15) is 5.69 Å². The van der Waals surface area contributed by atoms with Crippen LogP contribution >= 0.6 is 11.6 Å². The van der Waals surface area contributed by atoms with Gasteiger partial charge in [0.25, 0.3) is 0 Å². The Morgan fingerprint density at radius 2 is 1.76 bits per heavy atom. The number of nitrogens with two attached hydrogens (primary N) is 1. The Bertz CT molecular complexity index is 797. The van der Waals surface area contributed by atoms with Gasteiger partial charge in [-0.05, 0) is 36.4 Å². The zero-order chi connectivity index (χ0) is 15.0. The summed E-state index contributed by atoms with van der Waals surface area (Å²) < 4.78 is 28.6. The topological polar surface area (TPSA) is 43.8 Å². The maximum absolute atomic E-state index is 13.8. The molecule has 0 unspecified atom stereocenters. The Balaban J connectivity index is 2.10. The van der Waals surface area contributed by atoms with E-state index in [0.717, 1.165) is 6.07 Å². The number of nitrogen functional groups attached to an aromatic ring is 1. The third-order valence-electron chi connectivity index (χ3n) is 3.04. The van der Waals surface area contributed by atoms with Crippen LogP contribution in [0.4, 0.5) is 14.5 Å². The lowest BCUT2D eigenvalue weighted by Gasteiger charge is -2.02. The van der Waals surface area contributed by atoms with Crippen LogP contribution in [0.2, 0.25) is 5.02 Å². The Hall–Kier alpha value is -2.40. The normalized spacial score (nSPS) is 10.8. The molecule has 0 atom stereocenters. The highest BCUT2D eigenvalue weighted by Gasteiger charge is 2.16. The summed E-state index contributed by atoms with van der Waals surface area (Å²) in [5, 5.41) is 4.82. The second-order valence-electron chi connectivity index (χ2n) is 4.46. The van der Waals surface area contributed by atoms with E-state index in [0.29, 0.717) is 10.7 Å². The number of nitrogens with zero attached hydrogens (tertiary/aromatic N) is 2. The molecule has 0 amide bonds. The lowest BCUT2D eigenvalue weighted by atomic mass is 10.1. The average Bonchev–Trinajstić information content (AvgIpc) is 2.84. The van der Waals surface area contributed by atoms with Gasteiger partial charge >= 0.3 is 0 Å². The number of benzene rings is 2. The molecule has 0 aliphatic heterocycles. The van der Waals surface area contributed by atoms with Gasteiger partial charge in [-0.15, -0.1) is 0 Å². The van der Waals surface area contributed by atoms with E-state index in [-0.39, 0.29) is 16.9 Å². The fraction of sp³-hybridized carbons (Fsp3) is 0. The van der Waals surface area contributed by atoms with Crippen LogP contribution in [0.3, 0.4) is 0 Å². The third-order valence-corrected chi connectivity index (χ3v) is 3.29. The highest BCUT2D eigenvalue weighted by molar-refractivity contribution is 6.30. The monoisotopic (exact) mass is 305 g/mol. The first-order chi connectivity index (χ1) is 10.1. The van der Waals surface area contributed by atoms with Crippen molar-refractivity contribution in [2.45, 2.75) is 0 Å². The van der Waals surface area contributed by atoms with Gasteiger partial charge in [-0.1, -0.05) is 17.7 Å². The maximum Gasteiger partial charge on any atom is 0.168 e. The Labute approximate surface area is 124 Å². The van der Waals surface area contributed by atoms with Gasteiger partial charge < -0.3 is 5.73 Å². The third kappa shape index (κ3) is 2.48. The summed E-state index contributed by atoms with van der Waals surface area (Å²) in [6.45, 7) is 0. The molecule has 3 nitrogen and oxygen atoms in total. The van der Waals surface area contributed by atoms with Crippen LogP contribution in [0.1, 0.15) is 0 Å². The van der Waals surface area contributed by atoms with Crippen LogP contribution in [0.15, 0.2) is 48.7 Å². The number of halogens is 3. The van der Waals surface area contributed by atoms with Crippen molar-refractivity contribution >= 4 is 17.3 Å². The molecule has 0 radical (unpaired) electrons. The molecule has 3 aromatic rings. The number of rotatable bonds is 2. The Morgan fingerprint density at radius 1 is 1.05 bits per heavy atom. The molecule has 1 heterocycles. The molecular formula is C15H10ClF2N3. The van der Waals surface area contributed by atoms with Crippen molar-refractivity contribution in [3.05, 3.63) is 65.3 Å². The van der Waals surface area contributed by atoms with Gasteiger partial charge in [-0.3, -0.25) is 0 Å².